The summed E-state index contributed by atoms with van der Waals surface area (Å²) in [5.74, 6) is -0.311. The molecule has 0 unspecified atom stereocenters. The number of hydrogen-bond donors (Lipinski definition) is 2. The van der Waals surface area contributed by atoms with Crippen molar-refractivity contribution in [3.63, 3.8) is 0 Å². The molecular formula is C26H32FN7O2S. The minimum Gasteiger partial charge on any atom is -0.355 e. The van der Waals surface area contributed by atoms with Crippen LogP contribution in [0.3, 0.4) is 0 Å². The van der Waals surface area contributed by atoms with Crippen molar-refractivity contribution in [3.8, 4) is 0 Å². The Bertz CT molecular complexity index is 1380. The fourth-order valence-corrected chi connectivity index (χ4v) is 6.86. The van der Waals surface area contributed by atoms with Gasteiger partial charge in [-0.25, -0.2) is 12.8 Å². The number of benzene rings is 2. The largest absolute Gasteiger partial charge is 0.355 e. The molecule has 196 valence electrons. The number of nitrogens with one attached hydrogen (secondary N) is 2. The van der Waals surface area contributed by atoms with Gasteiger partial charge in [-0.1, -0.05) is 12.8 Å². The second-order valence-electron chi connectivity index (χ2n) is 9.80. The van der Waals surface area contributed by atoms with Crippen molar-refractivity contribution in [2.75, 3.05) is 25.0 Å². The topological polar surface area (TPSA) is 107 Å². The highest BCUT2D eigenvalue weighted by atomic mass is 32.2. The SMILES string of the molecule is Cc1cc(Nc2ccc(F)cc2)c(C=N)cc1[C@@H]1CN(S(=O)(=O)c2cnn(C)n2)CCN1C1CCCC1. The van der Waals surface area contributed by atoms with Gasteiger partial charge in [0.15, 0.2) is 0 Å². The summed E-state index contributed by atoms with van der Waals surface area (Å²) in [5.41, 5.74) is 4.17. The summed E-state index contributed by atoms with van der Waals surface area (Å²) in [7, 11) is -2.18. The van der Waals surface area contributed by atoms with Gasteiger partial charge in [0.05, 0.1) is 6.20 Å². The molecule has 11 heteroatoms. The molecule has 1 saturated heterocycles. The number of anilines is 2. The molecule has 9 nitrogen and oxygen atoms in total. The summed E-state index contributed by atoms with van der Waals surface area (Å²) >= 11 is 0. The van der Waals surface area contributed by atoms with E-state index in [-0.39, 0.29) is 16.9 Å². The third-order valence-electron chi connectivity index (χ3n) is 7.44. The maximum absolute atomic E-state index is 13.4. The van der Waals surface area contributed by atoms with Crippen LogP contribution >= 0.6 is 0 Å². The zero-order valence-corrected chi connectivity index (χ0v) is 21.9. The van der Waals surface area contributed by atoms with Crippen LogP contribution in [0.1, 0.15) is 48.4 Å². The van der Waals surface area contributed by atoms with E-state index in [0.717, 1.165) is 35.3 Å². The number of aryl methyl sites for hydroxylation is 2. The molecule has 2 heterocycles. The predicted molar refractivity (Wildman–Crippen MR) is 140 cm³/mol. The van der Waals surface area contributed by atoms with Gasteiger partial charge in [0, 0.05) is 61.9 Å². The molecule has 0 bridgehead atoms. The van der Waals surface area contributed by atoms with E-state index in [1.54, 1.807) is 19.2 Å². The first kappa shape index (κ1) is 25.5. The predicted octanol–water partition coefficient (Wildman–Crippen LogP) is 3.99. The standard InChI is InChI=1S/C26H32FN7O2S/c1-18-13-24(30-21-9-7-20(27)8-10-21)19(15-28)14-23(18)25-17-33(11-12-34(25)22-5-3-4-6-22)37(35,36)26-16-29-32(2)31-26/h7-10,13-16,22,25,28,30H,3-6,11-12,17H2,1-2H3/t25-/m0/s1. The first-order chi connectivity index (χ1) is 17.8. The van der Waals surface area contributed by atoms with E-state index in [0.29, 0.717) is 31.2 Å². The van der Waals surface area contributed by atoms with Crippen LogP contribution in [-0.4, -0.2) is 64.5 Å². The molecule has 2 fully saturated rings. The number of nitrogens with zero attached hydrogens (tertiary/aromatic N) is 5. The Morgan fingerprint density at radius 2 is 1.86 bits per heavy atom. The number of hydrogen-bond acceptors (Lipinski definition) is 7. The first-order valence-electron chi connectivity index (χ1n) is 12.6. The van der Waals surface area contributed by atoms with Crippen molar-refractivity contribution in [1.29, 1.82) is 5.41 Å². The van der Waals surface area contributed by atoms with Gasteiger partial charge in [0.25, 0.3) is 10.0 Å². The van der Waals surface area contributed by atoms with Crippen molar-refractivity contribution in [1.82, 2.24) is 24.2 Å². The number of piperazine rings is 1. The van der Waals surface area contributed by atoms with E-state index in [2.05, 4.69) is 20.4 Å². The lowest BCUT2D eigenvalue weighted by molar-refractivity contribution is 0.0745. The molecule has 2 N–H and O–H groups in total. The Kier molecular flexibility index (Phi) is 7.11. The molecule has 1 atom stereocenters. The van der Waals surface area contributed by atoms with Gasteiger partial charge in [-0.2, -0.15) is 14.2 Å². The fourth-order valence-electron chi connectivity index (χ4n) is 5.54. The summed E-state index contributed by atoms with van der Waals surface area (Å²) in [6.07, 6.45) is 7.16. The van der Waals surface area contributed by atoms with E-state index in [1.165, 1.54) is 46.5 Å². The van der Waals surface area contributed by atoms with Gasteiger partial charge in [-0.15, -0.1) is 5.10 Å². The van der Waals surface area contributed by atoms with Crippen LogP contribution < -0.4 is 5.32 Å². The Labute approximate surface area is 216 Å². The van der Waals surface area contributed by atoms with Gasteiger partial charge in [0.1, 0.15) is 5.82 Å². The van der Waals surface area contributed by atoms with Crippen molar-refractivity contribution in [2.45, 2.75) is 49.7 Å². The van der Waals surface area contributed by atoms with E-state index < -0.39 is 10.0 Å². The highest BCUT2D eigenvalue weighted by Gasteiger charge is 2.40. The van der Waals surface area contributed by atoms with Gasteiger partial charge in [0.2, 0.25) is 5.03 Å². The molecule has 2 aliphatic rings. The maximum Gasteiger partial charge on any atom is 0.264 e. The van der Waals surface area contributed by atoms with Crippen LogP contribution in [0.25, 0.3) is 0 Å². The van der Waals surface area contributed by atoms with Gasteiger partial charge < -0.3 is 10.7 Å². The summed E-state index contributed by atoms with van der Waals surface area (Å²) in [5, 5.41) is 19.3. The minimum atomic E-state index is -3.79. The minimum absolute atomic E-state index is 0.0428. The molecule has 37 heavy (non-hydrogen) atoms. The molecule has 1 aromatic heterocycles. The molecule has 1 aliphatic carbocycles. The highest BCUT2D eigenvalue weighted by molar-refractivity contribution is 7.89. The van der Waals surface area contributed by atoms with E-state index in [4.69, 9.17) is 5.41 Å². The Morgan fingerprint density at radius 3 is 2.51 bits per heavy atom. The zero-order chi connectivity index (χ0) is 26.2. The summed E-state index contributed by atoms with van der Waals surface area (Å²) in [6.45, 7) is 3.34. The van der Waals surface area contributed by atoms with Gasteiger partial charge in [-0.3, -0.25) is 4.90 Å². The Hall–Kier alpha value is -3.15. The second-order valence-corrected chi connectivity index (χ2v) is 11.7. The number of sulfonamides is 1. The van der Waals surface area contributed by atoms with Crippen LogP contribution in [0.2, 0.25) is 0 Å². The third kappa shape index (κ3) is 5.16. The van der Waals surface area contributed by atoms with E-state index in [1.807, 2.05) is 19.1 Å². The number of halogens is 1. The van der Waals surface area contributed by atoms with Crippen LogP contribution in [0.5, 0.6) is 0 Å². The normalized spacial score (nSPS) is 19.8. The molecule has 1 aliphatic heterocycles. The van der Waals surface area contributed by atoms with Crippen LogP contribution in [0, 0.1) is 18.2 Å². The fraction of sp³-hybridized carbons (Fsp3) is 0.423. The molecular weight excluding hydrogens is 493 g/mol. The average molecular weight is 526 g/mol. The monoisotopic (exact) mass is 525 g/mol. The zero-order valence-electron chi connectivity index (χ0n) is 21.1. The summed E-state index contributed by atoms with van der Waals surface area (Å²) in [6, 6.07) is 10.3. The number of rotatable bonds is 7. The van der Waals surface area contributed by atoms with Crippen molar-refractivity contribution in [2.24, 2.45) is 7.05 Å². The van der Waals surface area contributed by atoms with Crippen LogP contribution in [-0.2, 0) is 17.1 Å². The first-order valence-corrected chi connectivity index (χ1v) is 14.0. The van der Waals surface area contributed by atoms with Crippen molar-refractivity contribution < 1.29 is 12.8 Å². The highest BCUT2D eigenvalue weighted by Crippen LogP contribution is 2.38. The van der Waals surface area contributed by atoms with Gasteiger partial charge >= 0.3 is 0 Å². The summed E-state index contributed by atoms with van der Waals surface area (Å²) in [4.78, 5) is 3.71. The molecule has 0 amide bonds. The maximum atomic E-state index is 13.4. The molecule has 0 spiro atoms. The average Bonchev–Trinajstić information content (AvgIpc) is 3.58. The lowest BCUT2D eigenvalue weighted by Gasteiger charge is -2.44. The second kappa shape index (κ2) is 10.3. The lowest BCUT2D eigenvalue weighted by Crippen LogP contribution is -2.53. The molecule has 2 aromatic carbocycles. The van der Waals surface area contributed by atoms with Crippen LogP contribution in [0.4, 0.5) is 15.8 Å². The molecule has 3 aromatic rings. The third-order valence-corrected chi connectivity index (χ3v) is 9.16. The van der Waals surface area contributed by atoms with Gasteiger partial charge in [-0.05, 0) is 67.3 Å². The lowest BCUT2D eigenvalue weighted by atomic mass is 9.93. The molecule has 0 radical (unpaired) electrons. The number of aromatic nitrogens is 3. The van der Waals surface area contributed by atoms with Crippen molar-refractivity contribution >= 4 is 27.6 Å². The van der Waals surface area contributed by atoms with E-state index in [9.17, 15) is 12.8 Å². The quantitative estimate of drug-likeness (QED) is 0.452. The van der Waals surface area contributed by atoms with Crippen LogP contribution in [0.15, 0.2) is 47.6 Å². The Balaban J connectivity index is 1.50. The smallest absolute Gasteiger partial charge is 0.264 e. The Morgan fingerprint density at radius 1 is 1.14 bits per heavy atom. The van der Waals surface area contributed by atoms with Crippen molar-refractivity contribution in [3.05, 3.63) is 65.1 Å². The summed E-state index contributed by atoms with van der Waals surface area (Å²) < 4.78 is 41.7. The molecule has 1 saturated carbocycles. The molecule has 5 rings (SSSR count). The van der Waals surface area contributed by atoms with E-state index >= 15 is 0 Å².